The van der Waals surface area contributed by atoms with Crippen LogP contribution in [0.3, 0.4) is 0 Å². The monoisotopic (exact) mass is 386 g/mol. The van der Waals surface area contributed by atoms with Crippen molar-refractivity contribution in [3.05, 3.63) is 53.6 Å². The standard InChI is InChI=1S/C21H27FN4O2/c1-15(2)19-13-24(21(28)14-25-11-16(3)10-23-25)9-8-20(27)26(19)12-17-4-6-18(22)7-5-17/h4-7,10-11,15,19H,8-9,12-14H2,1-3H3/t19-/m1/s1. The van der Waals surface area contributed by atoms with E-state index in [2.05, 4.69) is 18.9 Å². The van der Waals surface area contributed by atoms with Crippen LogP contribution in [0.1, 0.15) is 31.4 Å². The van der Waals surface area contributed by atoms with Crippen molar-refractivity contribution in [1.82, 2.24) is 19.6 Å². The molecule has 1 aliphatic rings. The number of rotatable bonds is 5. The molecule has 2 heterocycles. The molecule has 3 rings (SSSR count). The van der Waals surface area contributed by atoms with Crippen LogP contribution >= 0.6 is 0 Å². The first-order valence-electron chi connectivity index (χ1n) is 9.64. The maximum Gasteiger partial charge on any atom is 0.244 e. The van der Waals surface area contributed by atoms with Gasteiger partial charge in [-0.2, -0.15) is 5.10 Å². The number of hydrogen-bond donors (Lipinski definition) is 0. The normalized spacial score (nSPS) is 17.9. The van der Waals surface area contributed by atoms with Gasteiger partial charge in [-0.3, -0.25) is 14.3 Å². The molecule has 0 spiro atoms. The van der Waals surface area contributed by atoms with Gasteiger partial charge in [-0.1, -0.05) is 26.0 Å². The lowest BCUT2D eigenvalue weighted by molar-refractivity contribution is -0.134. The van der Waals surface area contributed by atoms with Crippen LogP contribution in [0.2, 0.25) is 0 Å². The lowest BCUT2D eigenvalue weighted by Gasteiger charge is -2.34. The van der Waals surface area contributed by atoms with Crippen LogP contribution in [0, 0.1) is 18.7 Å². The van der Waals surface area contributed by atoms with Gasteiger partial charge in [-0.15, -0.1) is 0 Å². The molecule has 0 N–H and O–H groups in total. The zero-order valence-corrected chi connectivity index (χ0v) is 16.6. The minimum atomic E-state index is -0.294. The molecule has 1 fully saturated rings. The molecule has 0 bridgehead atoms. The number of halogens is 1. The van der Waals surface area contributed by atoms with E-state index in [0.717, 1.165) is 11.1 Å². The Labute approximate surface area is 164 Å². The summed E-state index contributed by atoms with van der Waals surface area (Å²) in [5, 5.41) is 4.18. The van der Waals surface area contributed by atoms with Gasteiger partial charge in [-0.25, -0.2) is 4.39 Å². The van der Waals surface area contributed by atoms with Gasteiger partial charge in [-0.05, 0) is 36.1 Å². The Hall–Kier alpha value is -2.70. The van der Waals surface area contributed by atoms with Crippen LogP contribution < -0.4 is 0 Å². The summed E-state index contributed by atoms with van der Waals surface area (Å²) in [5.41, 5.74) is 1.89. The van der Waals surface area contributed by atoms with E-state index in [1.165, 1.54) is 12.1 Å². The summed E-state index contributed by atoms with van der Waals surface area (Å²) in [6.45, 7) is 7.53. The summed E-state index contributed by atoms with van der Waals surface area (Å²) in [5.74, 6) is -0.125. The number of aryl methyl sites for hydroxylation is 1. The first kappa shape index (κ1) is 20.0. The van der Waals surface area contributed by atoms with Crippen molar-refractivity contribution >= 4 is 11.8 Å². The molecule has 1 atom stereocenters. The molecule has 2 aromatic rings. The Balaban J connectivity index is 1.75. The first-order valence-corrected chi connectivity index (χ1v) is 9.64. The molecule has 6 nitrogen and oxygen atoms in total. The molecule has 2 amide bonds. The zero-order chi connectivity index (χ0) is 20.3. The topological polar surface area (TPSA) is 58.4 Å². The number of benzene rings is 1. The summed E-state index contributed by atoms with van der Waals surface area (Å²) in [6.07, 6.45) is 3.84. The molecule has 7 heteroatoms. The molecular weight excluding hydrogens is 359 g/mol. The third kappa shape index (κ3) is 4.77. The Bertz CT molecular complexity index is 831. The minimum absolute atomic E-state index is 0.0215. The van der Waals surface area contributed by atoms with E-state index in [-0.39, 0.29) is 42.6 Å². The Morgan fingerprint density at radius 3 is 2.61 bits per heavy atom. The molecule has 1 aliphatic heterocycles. The van der Waals surface area contributed by atoms with Crippen molar-refractivity contribution in [2.75, 3.05) is 13.1 Å². The van der Waals surface area contributed by atoms with Gasteiger partial charge >= 0.3 is 0 Å². The van der Waals surface area contributed by atoms with Crippen molar-refractivity contribution < 1.29 is 14.0 Å². The van der Waals surface area contributed by atoms with Crippen LogP contribution in [0.5, 0.6) is 0 Å². The molecule has 0 radical (unpaired) electrons. The van der Waals surface area contributed by atoms with Crippen molar-refractivity contribution in [1.29, 1.82) is 0 Å². The summed E-state index contributed by atoms with van der Waals surface area (Å²) in [4.78, 5) is 29.2. The number of aromatic nitrogens is 2. The Kier molecular flexibility index (Phi) is 6.11. The Morgan fingerprint density at radius 2 is 2.00 bits per heavy atom. The highest BCUT2D eigenvalue weighted by molar-refractivity contribution is 5.80. The lowest BCUT2D eigenvalue weighted by atomic mass is 10.0. The number of nitrogens with zero attached hydrogens (tertiary/aromatic N) is 4. The second kappa shape index (κ2) is 8.54. The van der Waals surface area contributed by atoms with Gasteiger partial charge in [0.1, 0.15) is 12.4 Å². The third-order valence-corrected chi connectivity index (χ3v) is 5.17. The predicted molar refractivity (Wildman–Crippen MR) is 104 cm³/mol. The van der Waals surface area contributed by atoms with E-state index in [1.54, 1.807) is 27.9 Å². The maximum absolute atomic E-state index is 13.2. The van der Waals surface area contributed by atoms with Crippen molar-refractivity contribution in [2.45, 2.75) is 46.3 Å². The molecule has 150 valence electrons. The molecule has 1 aromatic heterocycles. The van der Waals surface area contributed by atoms with Gasteiger partial charge in [0, 0.05) is 32.3 Å². The highest BCUT2D eigenvalue weighted by Gasteiger charge is 2.33. The van der Waals surface area contributed by atoms with Gasteiger partial charge in [0.05, 0.1) is 12.2 Å². The molecule has 0 saturated carbocycles. The van der Waals surface area contributed by atoms with Crippen LogP contribution in [-0.2, 0) is 22.7 Å². The van der Waals surface area contributed by atoms with Crippen molar-refractivity contribution in [3.8, 4) is 0 Å². The first-order chi connectivity index (χ1) is 13.3. The fraction of sp³-hybridized carbons (Fsp3) is 0.476. The van der Waals surface area contributed by atoms with Gasteiger partial charge in [0.25, 0.3) is 0 Å². The number of amides is 2. The van der Waals surface area contributed by atoms with Gasteiger partial charge in [0.15, 0.2) is 0 Å². The van der Waals surface area contributed by atoms with E-state index in [1.807, 2.05) is 18.0 Å². The van der Waals surface area contributed by atoms with Crippen molar-refractivity contribution in [3.63, 3.8) is 0 Å². The number of carbonyl (C=O) groups excluding carboxylic acids is 2. The molecular formula is C21H27FN4O2. The van der Waals surface area contributed by atoms with E-state index in [0.29, 0.717) is 19.6 Å². The van der Waals surface area contributed by atoms with Crippen LogP contribution in [0.15, 0.2) is 36.7 Å². The minimum Gasteiger partial charge on any atom is -0.338 e. The zero-order valence-electron chi connectivity index (χ0n) is 16.6. The lowest BCUT2D eigenvalue weighted by Crippen LogP contribution is -2.47. The number of hydrogen-bond acceptors (Lipinski definition) is 3. The average Bonchev–Trinajstić information content (AvgIpc) is 2.97. The highest BCUT2D eigenvalue weighted by atomic mass is 19.1. The average molecular weight is 386 g/mol. The number of carbonyl (C=O) groups is 2. The summed E-state index contributed by atoms with van der Waals surface area (Å²) >= 11 is 0. The smallest absolute Gasteiger partial charge is 0.244 e. The molecule has 1 saturated heterocycles. The molecule has 1 aromatic carbocycles. The fourth-order valence-corrected chi connectivity index (χ4v) is 3.56. The van der Waals surface area contributed by atoms with E-state index in [9.17, 15) is 14.0 Å². The molecule has 28 heavy (non-hydrogen) atoms. The second-order valence-electron chi connectivity index (χ2n) is 7.76. The van der Waals surface area contributed by atoms with Gasteiger partial charge in [0.2, 0.25) is 11.8 Å². The summed E-state index contributed by atoms with van der Waals surface area (Å²) < 4.78 is 14.8. The largest absolute Gasteiger partial charge is 0.338 e. The second-order valence-corrected chi connectivity index (χ2v) is 7.76. The maximum atomic E-state index is 13.2. The highest BCUT2D eigenvalue weighted by Crippen LogP contribution is 2.21. The quantitative estimate of drug-likeness (QED) is 0.794. The summed E-state index contributed by atoms with van der Waals surface area (Å²) in [6, 6.07) is 6.12. The molecule has 0 aliphatic carbocycles. The van der Waals surface area contributed by atoms with Crippen molar-refractivity contribution in [2.24, 2.45) is 5.92 Å². The van der Waals surface area contributed by atoms with Crippen LogP contribution in [-0.4, -0.2) is 50.5 Å². The Morgan fingerprint density at radius 1 is 1.29 bits per heavy atom. The fourth-order valence-electron chi connectivity index (χ4n) is 3.56. The summed E-state index contributed by atoms with van der Waals surface area (Å²) in [7, 11) is 0. The van der Waals surface area contributed by atoms with Gasteiger partial charge < -0.3 is 9.80 Å². The third-order valence-electron chi connectivity index (χ3n) is 5.17. The molecule has 0 unspecified atom stereocenters. The van der Waals surface area contributed by atoms with Crippen LogP contribution in [0.4, 0.5) is 4.39 Å². The van der Waals surface area contributed by atoms with E-state index >= 15 is 0 Å². The van der Waals surface area contributed by atoms with Crippen LogP contribution in [0.25, 0.3) is 0 Å². The predicted octanol–water partition coefficient (Wildman–Crippen LogP) is 2.62. The van der Waals surface area contributed by atoms with E-state index < -0.39 is 0 Å². The van der Waals surface area contributed by atoms with E-state index in [4.69, 9.17) is 0 Å². The SMILES string of the molecule is Cc1cnn(CC(=O)N2CCC(=O)N(Cc3ccc(F)cc3)[C@@H](C(C)C)C2)c1.